The minimum absolute atomic E-state index is 0.123. The summed E-state index contributed by atoms with van der Waals surface area (Å²) >= 11 is 0. The van der Waals surface area contributed by atoms with Crippen molar-refractivity contribution in [2.45, 2.75) is 12.5 Å². The van der Waals surface area contributed by atoms with Crippen molar-refractivity contribution in [3.8, 4) is 23.0 Å². The van der Waals surface area contributed by atoms with Gasteiger partial charge in [-0.1, -0.05) is 6.07 Å². The van der Waals surface area contributed by atoms with Crippen LogP contribution in [0, 0.1) is 0 Å². The van der Waals surface area contributed by atoms with E-state index >= 15 is 0 Å². The van der Waals surface area contributed by atoms with Gasteiger partial charge in [0.05, 0.1) is 6.54 Å². The van der Waals surface area contributed by atoms with Crippen molar-refractivity contribution in [2.75, 3.05) is 31.9 Å². The van der Waals surface area contributed by atoms with Gasteiger partial charge in [-0.15, -0.1) is 0 Å². The summed E-state index contributed by atoms with van der Waals surface area (Å²) in [6, 6.07) is 9.86. The molecule has 0 spiro atoms. The van der Waals surface area contributed by atoms with Crippen LogP contribution >= 0.6 is 0 Å². The monoisotopic (exact) mass is 400 g/mol. The third-order valence-corrected chi connectivity index (χ3v) is 4.59. The van der Waals surface area contributed by atoms with Gasteiger partial charge in [0.2, 0.25) is 6.79 Å². The van der Waals surface area contributed by atoms with Crippen molar-refractivity contribution >= 4 is 17.5 Å². The highest BCUT2D eigenvalue weighted by atomic mass is 16.7. The molecule has 0 aliphatic carbocycles. The lowest BCUT2D eigenvalue weighted by molar-refractivity contribution is -0.136. The molecule has 9 heteroatoms. The second-order valence-corrected chi connectivity index (χ2v) is 6.84. The first-order valence-electron chi connectivity index (χ1n) is 9.04. The number of aliphatic hydroxyl groups is 1. The number of benzene rings is 2. The van der Waals surface area contributed by atoms with Crippen LogP contribution in [-0.4, -0.2) is 43.5 Å². The smallest absolute Gasteiger partial charge is 0.313 e. The summed E-state index contributed by atoms with van der Waals surface area (Å²) in [6.45, 7) is 2.37. The third kappa shape index (κ3) is 4.04. The molecule has 2 heterocycles. The molecule has 0 unspecified atom stereocenters. The molecule has 9 nitrogen and oxygen atoms in total. The van der Waals surface area contributed by atoms with Gasteiger partial charge in [-0.05, 0) is 36.8 Å². The van der Waals surface area contributed by atoms with Crippen LogP contribution in [-0.2, 0) is 15.2 Å². The summed E-state index contributed by atoms with van der Waals surface area (Å²) in [5.41, 5.74) is -0.486. The van der Waals surface area contributed by atoms with Gasteiger partial charge in [-0.2, -0.15) is 0 Å². The predicted octanol–water partition coefficient (Wildman–Crippen LogP) is 1.15. The molecule has 29 heavy (non-hydrogen) atoms. The molecule has 0 aromatic heterocycles. The molecule has 0 saturated carbocycles. The molecular formula is C20H20N2O7. The zero-order chi connectivity index (χ0) is 20.4. The zero-order valence-corrected chi connectivity index (χ0v) is 15.7. The fourth-order valence-electron chi connectivity index (χ4n) is 2.98. The van der Waals surface area contributed by atoms with Crippen molar-refractivity contribution in [3.63, 3.8) is 0 Å². The number of carbonyl (C=O) groups is 2. The van der Waals surface area contributed by atoms with Crippen molar-refractivity contribution in [1.29, 1.82) is 0 Å². The molecule has 0 saturated heterocycles. The van der Waals surface area contributed by atoms with E-state index in [1.165, 1.54) is 6.92 Å². The summed E-state index contributed by atoms with van der Waals surface area (Å²) in [4.78, 5) is 24.3. The molecule has 2 aliphatic heterocycles. The fourth-order valence-corrected chi connectivity index (χ4v) is 2.98. The van der Waals surface area contributed by atoms with Crippen LogP contribution in [0.1, 0.15) is 12.5 Å². The first-order valence-corrected chi connectivity index (χ1v) is 9.04. The van der Waals surface area contributed by atoms with Gasteiger partial charge >= 0.3 is 11.8 Å². The van der Waals surface area contributed by atoms with E-state index in [1.807, 2.05) is 0 Å². The molecule has 2 aliphatic rings. The van der Waals surface area contributed by atoms with E-state index in [0.29, 0.717) is 47.5 Å². The van der Waals surface area contributed by atoms with Gasteiger partial charge in [0, 0.05) is 11.8 Å². The number of hydrogen-bond donors (Lipinski definition) is 3. The molecule has 0 bridgehead atoms. The van der Waals surface area contributed by atoms with E-state index in [0.717, 1.165) is 0 Å². The Morgan fingerprint density at radius 2 is 1.59 bits per heavy atom. The van der Waals surface area contributed by atoms with E-state index in [2.05, 4.69) is 10.6 Å². The molecule has 152 valence electrons. The number of amides is 2. The highest BCUT2D eigenvalue weighted by Crippen LogP contribution is 2.35. The number of fused-ring (bicyclic) bond motifs is 2. The Labute approximate surface area is 166 Å². The maximum absolute atomic E-state index is 12.2. The second-order valence-electron chi connectivity index (χ2n) is 6.84. The number of hydrogen-bond acceptors (Lipinski definition) is 7. The Morgan fingerprint density at radius 1 is 0.931 bits per heavy atom. The van der Waals surface area contributed by atoms with E-state index < -0.39 is 17.4 Å². The number of nitrogens with one attached hydrogen (secondary N) is 2. The summed E-state index contributed by atoms with van der Waals surface area (Å²) in [5.74, 6) is 0.459. The van der Waals surface area contributed by atoms with Crippen molar-refractivity contribution in [2.24, 2.45) is 0 Å². The van der Waals surface area contributed by atoms with Gasteiger partial charge in [-0.3, -0.25) is 9.59 Å². The minimum atomic E-state index is -1.41. The van der Waals surface area contributed by atoms with Crippen molar-refractivity contribution < 1.29 is 33.6 Å². The lowest BCUT2D eigenvalue weighted by atomic mass is 9.95. The van der Waals surface area contributed by atoms with Crippen LogP contribution < -0.4 is 29.6 Å². The van der Waals surface area contributed by atoms with Crippen LogP contribution in [0.25, 0.3) is 0 Å². The van der Waals surface area contributed by atoms with E-state index in [9.17, 15) is 14.7 Å². The summed E-state index contributed by atoms with van der Waals surface area (Å²) in [6.07, 6.45) is 0. The summed E-state index contributed by atoms with van der Waals surface area (Å²) < 4.78 is 21.4. The van der Waals surface area contributed by atoms with Gasteiger partial charge in [0.25, 0.3) is 0 Å². The number of carbonyl (C=O) groups excluding carboxylic acids is 2. The molecule has 0 radical (unpaired) electrons. The van der Waals surface area contributed by atoms with Crippen molar-refractivity contribution in [3.05, 3.63) is 42.0 Å². The largest absolute Gasteiger partial charge is 0.486 e. The van der Waals surface area contributed by atoms with Gasteiger partial charge < -0.3 is 34.7 Å². The van der Waals surface area contributed by atoms with Crippen LogP contribution in [0.4, 0.5) is 5.69 Å². The zero-order valence-electron chi connectivity index (χ0n) is 15.7. The van der Waals surface area contributed by atoms with Crippen molar-refractivity contribution in [1.82, 2.24) is 5.32 Å². The molecule has 4 rings (SSSR count). The third-order valence-electron chi connectivity index (χ3n) is 4.59. The summed E-state index contributed by atoms with van der Waals surface area (Å²) in [5, 5.41) is 15.6. The molecular weight excluding hydrogens is 380 g/mol. The van der Waals surface area contributed by atoms with Gasteiger partial charge in [-0.25, -0.2) is 0 Å². The Balaban J connectivity index is 1.35. The molecule has 2 amide bonds. The predicted molar refractivity (Wildman–Crippen MR) is 101 cm³/mol. The Bertz CT molecular complexity index is 958. The standard InChI is InChI=1S/C20H20N2O7/c1-20(25,12-2-4-15-16(8-12)29-11-28-15)10-21-18(23)19(24)22-13-3-5-14-17(9-13)27-7-6-26-14/h2-5,8-9,25H,6-7,10-11H2,1H3,(H,21,23)(H,22,24)/t20-/m0/s1. The fraction of sp³-hybridized carbons (Fsp3) is 0.300. The Morgan fingerprint density at radius 3 is 2.41 bits per heavy atom. The van der Waals surface area contributed by atoms with E-state index in [1.54, 1.807) is 36.4 Å². The van der Waals surface area contributed by atoms with Gasteiger partial charge in [0.1, 0.15) is 18.8 Å². The first kappa shape index (κ1) is 18.9. The van der Waals surface area contributed by atoms with Gasteiger partial charge in [0.15, 0.2) is 23.0 Å². The average molecular weight is 400 g/mol. The molecule has 0 fully saturated rings. The summed E-state index contributed by atoms with van der Waals surface area (Å²) in [7, 11) is 0. The average Bonchev–Trinajstić information content (AvgIpc) is 3.20. The normalized spacial score (nSPS) is 15.9. The van der Waals surface area contributed by atoms with Crippen LogP contribution in [0.2, 0.25) is 0 Å². The molecule has 2 aromatic carbocycles. The number of anilines is 1. The Kier molecular flexibility index (Phi) is 4.89. The minimum Gasteiger partial charge on any atom is -0.486 e. The maximum atomic E-state index is 12.2. The molecule has 2 aromatic rings. The lowest BCUT2D eigenvalue weighted by Crippen LogP contribution is -2.43. The van der Waals surface area contributed by atoms with Crippen LogP contribution in [0.15, 0.2) is 36.4 Å². The van der Waals surface area contributed by atoms with E-state index in [4.69, 9.17) is 18.9 Å². The number of ether oxygens (including phenoxy) is 4. The topological polar surface area (TPSA) is 115 Å². The number of rotatable bonds is 4. The first-order chi connectivity index (χ1) is 13.9. The van der Waals surface area contributed by atoms with E-state index in [-0.39, 0.29) is 13.3 Å². The van der Waals surface area contributed by atoms with Crippen LogP contribution in [0.3, 0.4) is 0 Å². The Hall–Kier alpha value is -3.46. The molecule has 3 N–H and O–H groups in total. The highest BCUT2D eigenvalue weighted by molar-refractivity contribution is 6.39. The molecule has 1 atom stereocenters. The highest BCUT2D eigenvalue weighted by Gasteiger charge is 2.28. The van der Waals surface area contributed by atoms with Crippen LogP contribution in [0.5, 0.6) is 23.0 Å². The SMILES string of the molecule is C[C@](O)(CNC(=O)C(=O)Nc1ccc2c(c1)OCCO2)c1ccc2c(c1)OCO2. The second kappa shape index (κ2) is 7.51. The maximum Gasteiger partial charge on any atom is 0.313 e. The quantitative estimate of drug-likeness (QED) is 0.660. The lowest BCUT2D eigenvalue weighted by Gasteiger charge is -2.24.